The Hall–Kier alpha value is -1.42. The van der Waals surface area contributed by atoms with Gasteiger partial charge in [0.25, 0.3) is 0 Å². The Bertz CT molecular complexity index is 404. The van der Waals surface area contributed by atoms with Crippen LogP contribution in [0.3, 0.4) is 0 Å². The molecule has 15 heavy (non-hydrogen) atoms. The second-order valence-corrected chi connectivity index (χ2v) is 4.00. The molecule has 0 saturated heterocycles. The van der Waals surface area contributed by atoms with Crippen LogP contribution in [-0.2, 0) is 0 Å². The van der Waals surface area contributed by atoms with Gasteiger partial charge in [-0.25, -0.2) is 4.79 Å². The molecule has 0 amide bonds. The minimum atomic E-state index is -0.877. The summed E-state index contributed by atoms with van der Waals surface area (Å²) in [5.41, 5.74) is 7.64. The van der Waals surface area contributed by atoms with Crippen molar-refractivity contribution in [3.05, 3.63) is 29.1 Å². The molecule has 0 spiro atoms. The van der Waals surface area contributed by atoms with Crippen molar-refractivity contribution in [2.45, 2.75) is 19.3 Å². The molecule has 1 saturated carbocycles. The zero-order chi connectivity index (χ0) is 11.0. The van der Waals surface area contributed by atoms with Crippen molar-refractivity contribution in [1.29, 1.82) is 0 Å². The first-order chi connectivity index (χ1) is 7.15. The lowest BCUT2D eigenvalue weighted by atomic mass is 10.0. The number of aryl methyl sites for hydroxylation is 1. The molecule has 80 valence electrons. The van der Waals surface area contributed by atoms with E-state index < -0.39 is 5.97 Å². The molecule has 1 heterocycles. The van der Waals surface area contributed by atoms with Crippen LogP contribution in [0.25, 0.3) is 0 Å². The van der Waals surface area contributed by atoms with Crippen molar-refractivity contribution in [1.82, 2.24) is 4.98 Å². The molecule has 1 aliphatic carbocycles. The lowest BCUT2D eigenvalue weighted by Gasteiger charge is -2.07. The van der Waals surface area contributed by atoms with Gasteiger partial charge in [0.15, 0.2) is 0 Å². The van der Waals surface area contributed by atoms with Gasteiger partial charge in [-0.3, -0.25) is 4.98 Å². The van der Waals surface area contributed by atoms with E-state index in [1.807, 2.05) is 6.92 Å². The van der Waals surface area contributed by atoms with Gasteiger partial charge in [0.2, 0.25) is 0 Å². The Labute approximate surface area is 88.1 Å². The van der Waals surface area contributed by atoms with E-state index in [0.29, 0.717) is 23.9 Å². The van der Waals surface area contributed by atoms with Gasteiger partial charge in [-0.1, -0.05) is 0 Å². The van der Waals surface area contributed by atoms with E-state index in [4.69, 9.17) is 10.8 Å². The lowest BCUT2D eigenvalue weighted by Crippen LogP contribution is -2.08. The van der Waals surface area contributed by atoms with Crippen LogP contribution in [0.4, 0.5) is 0 Å². The summed E-state index contributed by atoms with van der Waals surface area (Å²) in [5, 5.41) is 9.07. The smallest absolute Gasteiger partial charge is 0.336 e. The highest BCUT2D eigenvalue weighted by Crippen LogP contribution is 2.48. The van der Waals surface area contributed by atoms with E-state index in [-0.39, 0.29) is 0 Å². The zero-order valence-corrected chi connectivity index (χ0v) is 8.60. The van der Waals surface area contributed by atoms with Gasteiger partial charge in [-0.15, -0.1) is 0 Å². The predicted molar refractivity (Wildman–Crippen MR) is 55.8 cm³/mol. The third-order valence-electron chi connectivity index (χ3n) is 3.02. The fourth-order valence-electron chi connectivity index (χ4n) is 2.09. The summed E-state index contributed by atoms with van der Waals surface area (Å²) < 4.78 is 0. The average Bonchev–Trinajstić information content (AvgIpc) is 2.96. The maximum atomic E-state index is 11.0. The number of nitrogens with zero attached hydrogens (tertiary/aromatic N) is 1. The van der Waals surface area contributed by atoms with Crippen molar-refractivity contribution in [3.63, 3.8) is 0 Å². The molecule has 1 aromatic heterocycles. The Morgan fingerprint density at radius 2 is 2.47 bits per heavy atom. The molecule has 2 unspecified atom stereocenters. The second kappa shape index (κ2) is 3.62. The number of nitrogens with two attached hydrogens (primary N) is 1. The number of hydrogen-bond donors (Lipinski definition) is 2. The quantitative estimate of drug-likeness (QED) is 0.777. The van der Waals surface area contributed by atoms with E-state index in [1.54, 1.807) is 12.3 Å². The first-order valence-electron chi connectivity index (χ1n) is 5.04. The largest absolute Gasteiger partial charge is 0.478 e. The maximum Gasteiger partial charge on any atom is 0.336 e. The van der Waals surface area contributed by atoms with Gasteiger partial charge in [0.05, 0.1) is 5.56 Å². The number of pyridine rings is 1. The van der Waals surface area contributed by atoms with Crippen molar-refractivity contribution in [3.8, 4) is 0 Å². The highest BCUT2D eigenvalue weighted by molar-refractivity contribution is 5.90. The molecule has 4 nitrogen and oxygen atoms in total. The van der Waals surface area contributed by atoms with Gasteiger partial charge >= 0.3 is 5.97 Å². The molecule has 4 heteroatoms. The van der Waals surface area contributed by atoms with Crippen LogP contribution in [0.15, 0.2) is 12.3 Å². The molecular weight excluding hydrogens is 192 g/mol. The van der Waals surface area contributed by atoms with E-state index in [9.17, 15) is 4.79 Å². The standard InChI is InChI=1S/C11H14N2O2/c1-6-10(9-4-7(9)5-12)8(11(14)15)2-3-13-6/h2-3,7,9H,4-5,12H2,1H3,(H,14,15). The summed E-state index contributed by atoms with van der Waals surface area (Å²) >= 11 is 0. The number of carboxylic acid groups (broad SMARTS) is 1. The highest BCUT2D eigenvalue weighted by atomic mass is 16.4. The molecule has 0 radical (unpaired) electrons. The van der Waals surface area contributed by atoms with Gasteiger partial charge in [-0.05, 0) is 43.4 Å². The monoisotopic (exact) mass is 206 g/mol. The van der Waals surface area contributed by atoms with Crippen LogP contribution in [0, 0.1) is 12.8 Å². The molecule has 0 aliphatic heterocycles. The minimum absolute atomic E-state index is 0.301. The SMILES string of the molecule is Cc1nccc(C(=O)O)c1C1CC1CN. The summed E-state index contributed by atoms with van der Waals surface area (Å²) in [5.74, 6) is -0.140. The molecule has 0 aromatic carbocycles. The first kappa shape index (κ1) is 10.1. The molecule has 2 rings (SSSR count). The van der Waals surface area contributed by atoms with Crippen LogP contribution < -0.4 is 5.73 Å². The summed E-state index contributed by atoms with van der Waals surface area (Å²) in [6.45, 7) is 2.48. The Morgan fingerprint density at radius 3 is 3.00 bits per heavy atom. The molecule has 1 aromatic rings. The van der Waals surface area contributed by atoms with Crippen molar-refractivity contribution in [2.75, 3.05) is 6.54 Å². The maximum absolute atomic E-state index is 11.0. The average molecular weight is 206 g/mol. The van der Waals surface area contributed by atoms with Crippen molar-refractivity contribution in [2.24, 2.45) is 11.7 Å². The topological polar surface area (TPSA) is 76.2 Å². The summed E-state index contributed by atoms with van der Waals surface area (Å²) in [4.78, 5) is 15.2. The van der Waals surface area contributed by atoms with E-state index in [0.717, 1.165) is 17.7 Å². The van der Waals surface area contributed by atoms with E-state index in [1.165, 1.54) is 0 Å². The predicted octanol–water partition coefficient (Wildman–Crippen LogP) is 1.15. The van der Waals surface area contributed by atoms with Crippen molar-refractivity contribution >= 4 is 5.97 Å². The molecule has 3 N–H and O–H groups in total. The Balaban J connectivity index is 2.40. The first-order valence-corrected chi connectivity index (χ1v) is 5.04. The van der Waals surface area contributed by atoms with Gasteiger partial charge < -0.3 is 10.8 Å². The van der Waals surface area contributed by atoms with E-state index in [2.05, 4.69) is 4.98 Å². The second-order valence-electron chi connectivity index (χ2n) is 4.00. The third-order valence-corrected chi connectivity index (χ3v) is 3.02. The van der Waals surface area contributed by atoms with E-state index >= 15 is 0 Å². The summed E-state index contributed by atoms with van der Waals surface area (Å²) in [7, 11) is 0. The molecule has 1 fully saturated rings. The molecule has 0 bridgehead atoms. The van der Waals surface area contributed by atoms with Crippen LogP contribution >= 0.6 is 0 Å². The van der Waals surface area contributed by atoms with Crippen LogP contribution in [-0.4, -0.2) is 22.6 Å². The Kier molecular flexibility index (Phi) is 2.44. The molecule has 2 atom stereocenters. The molecular formula is C11H14N2O2. The van der Waals surface area contributed by atoms with Gasteiger partial charge in [-0.2, -0.15) is 0 Å². The van der Waals surface area contributed by atoms with Crippen molar-refractivity contribution < 1.29 is 9.90 Å². The van der Waals surface area contributed by atoms with Crippen LogP contribution in [0.1, 0.15) is 34.0 Å². The molecule has 1 aliphatic rings. The highest BCUT2D eigenvalue weighted by Gasteiger charge is 2.40. The van der Waals surface area contributed by atoms with Gasteiger partial charge in [0.1, 0.15) is 0 Å². The number of aromatic nitrogens is 1. The number of carbonyl (C=O) groups is 1. The fourth-order valence-corrected chi connectivity index (χ4v) is 2.09. The lowest BCUT2D eigenvalue weighted by molar-refractivity contribution is 0.0695. The number of hydrogen-bond acceptors (Lipinski definition) is 3. The fraction of sp³-hybridized carbons (Fsp3) is 0.455. The van der Waals surface area contributed by atoms with Crippen LogP contribution in [0.5, 0.6) is 0 Å². The number of aromatic carboxylic acids is 1. The van der Waals surface area contributed by atoms with Gasteiger partial charge in [0, 0.05) is 11.9 Å². The summed E-state index contributed by atoms with van der Waals surface area (Å²) in [6.07, 6.45) is 2.53. The number of rotatable bonds is 3. The minimum Gasteiger partial charge on any atom is -0.478 e. The zero-order valence-electron chi connectivity index (χ0n) is 8.60. The van der Waals surface area contributed by atoms with Crippen LogP contribution in [0.2, 0.25) is 0 Å². The summed E-state index contributed by atoms with van der Waals surface area (Å²) in [6, 6.07) is 1.57. The number of carboxylic acids is 1. The Morgan fingerprint density at radius 1 is 1.73 bits per heavy atom. The normalized spacial score (nSPS) is 23.9. The third kappa shape index (κ3) is 1.72.